The van der Waals surface area contributed by atoms with Gasteiger partial charge in [-0.3, -0.25) is 0 Å². The third-order valence-electron chi connectivity index (χ3n) is 3.74. The molecule has 2 saturated heterocycles. The largest absolute Gasteiger partial charge is 0.377 e. The van der Waals surface area contributed by atoms with Gasteiger partial charge in [0.1, 0.15) is 10.5 Å². The fraction of sp³-hybridized carbons (Fsp3) is 0.667. The molecular weight excluding hydrogens is 326 g/mol. The highest BCUT2D eigenvalue weighted by molar-refractivity contribution is 7.88. The van der Waals surface area contributed by atoms with Crippen molar-refractivity contribution in [3.8, 4) is 0 Å². The summed E-state index contributed by atoms with van der Waals surface area (Å²) >= 11 is 5.21. The van der Waals surface area contributed by atoms with E-state index in [1.54, 1.807) is 6.07 Å². The van der Waals surface area contributed by atoms with E-state index in [4.69, 9.17) is 17.0 Å². The van der Waals surface area contributed by atoms with Crippen LogP contribution in [0.5, 0.6) is 0 Å². The molecule has 0 spiro atoms. The van der Waals surface area contributed by atoms with Gasteiger partial charge in [0.15, 0.2) is 0 Å². The third-order valence-corrected chi connectivity index (χ3v) is 5.25. The Morgan fingerprint density at radius 3 is 2.59 bits per heavy atom. The fourth-order valence-electron chi connectivity index (χ4n) is 2.44. The van der Waals surface area contributed by atoms with E-state index in [-0.39, 0.29) is 0 Å². The van der Waals surface area contributed by atoms with Crippen molar-refractivity contribution in [1.29, 1.82) is 0 Å². The average molecular weight is 345 g/mol. The topological polar surface area (TPSA) is 90.6 Å². The zero-order valence-corrected chi connectivity index (χ0v) is 13.9. The van der Waals surface area contributed by atoms with Crippen LogP contribution in [0.2, 0.25) is 0 Å². The molecule has 0 saturated carbocycles. The van der Waals surface area contributed by atoms with E-state index in [9.17, 15) is 8.42 Å². The molecule has 3 heterocycles. The number of H-pyrrole nitrogens is 1. The Bertz CT molecular complexity index is 693. The number of nitrogens with one attached hydrogen (secondary N) is 2. The Hall–Kier alpha value is -1.23. The number of nitrogens with zero attached hydrogens (tertiary/aromatic N) is 3. The highest BCUT2D eigenvalue weighted by atomic mass is 32.2. The van der Waals surface area contributed by atoms with Crippen molar-refractivity contribution in [2.24, 2.45) is 0 Å². The maximum absolute atomic E-state index is 11.5. The second-order valence-corrected chi connectivity index (χ2v) is 7.89. The summed E-state index contributed by atoms with van der Waals surface area (Å²) in [6.07, 6.45) is 1.24. The zero-order valence-electron chi connectivity index (χ0n) is 12.3. The number of anilines is 2. The molecule has 0 unspecified atom stereocenters. The minimum absolute atomic E-state index is 0.294. The quantitative estimate of drug-likeness (QED) is 0.744. The van der Waals surface area contributed by atoms with Crippen LogP contribution in [0.25, 0.3) is 0 Å². The number of ether oxygens (including phenoxy) is 1. The lowest BCUT2D eigenvalue weighted by molar-refractivity contribution is 0.0209. The Balaban J connectivity index is 1.71. The molecule has 0 bridgehead atoms. The lowest BCUT2D eigenvalue weighted by atomic mass is 10.2. The van der Waals surface area contributed by atoms with Crippen LogP contribution in [0.3, 0.4) is 0 Å². The number of aromatic nitrogens is 2. The number of piperazine rings is 1. The monoisotopic (exact) mass is 345 g/mol. The van der Waals surface area contributed by atoms with Crippen LogP contribution in [0.15, 0.2) is 6.07 Å². The smallest absolute Gasteiger partial charge is 0.211 e. The van der Waals surface area contributed by atoms with Gasteiger partial charge in [0, 0.05) is 32.2 Å². The van der Waals surface area contributed by atoms with Crippen LogP contribution in [0, 0.1) is 4.64 Å². The second kappa shape index (κ2) is 6.11. The van der Waals surface area contributed by atoms with E-state index in [1.165, 1.54) is 10.6 Å². The highest BCUT2D eigenvalue weighted by Crippen LogP contribution is 2.17. The molecule has 2 fully saturated rings. The number of hydrogen-bond donors (Lipinski definition) is 2. The number of hydrogen-bond acceptors (Lipinski definition) is 7. The van der Waals surface area contributed by atoms with E-state index >= 15 is 0 Å². The van der Waals surface area contributed by atoms with E-state index in [2.05, 4.69) is 15.3 Å². The van der Waals surface area contributed by atoms with Crippen LogP contribution >= 0.6 is 12.2 Å². The molecule has 8 nitrogen and oxygen atoms in total. The van der Waals surface area contributed by atoms with Crippen LogP contribution < -0.4 is 10.2 Å². The standard InChI is InChI=1S/C12H19N5O3S2/c1-22(18,19)17-4-2-16(3-5-17)12-14-10(6-11(21)15-12)13-9-7-20-8-9/h6,9H,2-5,7-8H2,1H3,(H2,13,14,15,21). The zero-order chi connectivity index (χ0) is 15.7. The van der Waals surface area contributed by atoms with Gasteiger partial charge in [-0.2, -0.15) is 4.31 Å². The van der Waals surface area contributed by atoms with E-state index in [0.717, 1.165) is 5.82 Å². The Kier molecular flexibility index (Phi) is 4.35. The minimum Gasteiger partial charge on any atom is -0.377 e. The van der Waals surface area contributed by atoms with Crippen molar-refractivity contribution in [3.05, 3.63) is 10.7 Å². The molecule has 122 valence electrons. The van der Waals surface area contributed by atoms with Crippen LogP contribution in [0.1, 0.15) is 0 Å². The Morgan fingerprint density at radius 2 is 2.05 bits per heavy atom. The number of sulfonamides is 1. The van der Waals surface area contributed by atoms with Crippen molar-refractivity contribution in [2.75, 3.05) is 55.9 Å². The van der Waals surface area contributed by atoms with Crippen molar-refractivity contribution in [2.45, 2.75) is 6.04 Å². The molecule has 22 heavy (non-hydrogen) atoms. The summed E-state index contributed by atoms with van der Waals surface area (Å²) in [6.45, 7) is 3.45. The Labute approximate surface area is 134 Å². The Morgan fingerprint density at radius 1 is 1.36 bits per heavy atom. The van der Waals surface area contributed by atoms with Gasteiger partial charge in [0.25, 0.3) is 0 Å². The first-order valence-corrected chi connectivity index (χ1v) is 9.33. The van der Waals surface area contributed by atoms with Crippen molar-refractivity contribution in [1.82, 2.24) is 14.3 Å². The van der Waals surface area contributed by atoms with Gasteiger partial charge >= 0.3 is 0 Å². The third kappa shape index (κ3) is 3.57. The number of rotatable bonds is 4. The summed E-state index contributed by atoms with van der Waals surface area (Å²) < 4.78 is 30.2. The molecule has 1 aromatic rings. The maximum atomic E-state index is 11.5. The van der Waals surface area contributed by atoms with Gasteiger partial charge in [-0.1, -0.05) is 12.2 Å². The molecule has 0 atom stereocenters. The first-order chi connectivity index (χ1) is 10.4. The molecule has 2 aliphatic rings. The lowest BCUT2D eigenvalue weighted by Gasteiger charge is -2.34. The molecule has 10 heteroatoms. The number of aromatic amines is 1. The summed E-state index contributed by atoms with van der Waals surface area (Å²) in [5, 5.41) is 3.31. The van der Waals surface area contributed by atoms with Gasteiger partial charge in [0.05, 0.1) is 25.5 Å². The lowest BCUT2D eigenvalue weighted by Crippen LogP contribution is -2.49. The van der Waals surface area contributed by atoms with Crippen LogP contribution in [0.4, 0.5) is 11.8 Å². The molecule has 0 aromatic carbocycles. The molecule has 1 aromatic heterocycles. The summed E-state index contributed by atoms with van der Waals surface area (Å²) in [7, 11) is -3.13. The normalized spacial score (nSPS) is 20.7. The van der Waals surface area contributed by atoms with Gasteiger partial charge in [0.2, 0.25) is 16.0 Å². The highest BCUT2D eigenvalue weighted by Gasteiger charge is 2.25. The fourth-order valence-corrected chi connectivity index (χ4v) is 3.47. The van der Waals surface area contributed by atoms with Crippen molar-refractivity contribution < 1.29 is 13.2 Å². The van der Waals surface area contributed by atoms with E-state index in [0.29, 0.717) is 56.0 Å². The first-order valence-electron chi connectivity index (χ1n) is 7.07. The molecule has 2 N–H and O–H groups in total. The summed E-state index contributed by atoms with van der Waals surface area (Å²) in [5.41, 5.74) is 0. The summed E-state index contributed by atoms with van der Waals surface area (Å²) in [4.78, 5) is 9.58. The van der Waals surface area contributed by atoms with Gasteiger partial charge < -0.3 is 19.9 Å². The second-order valence-electron chi connectivity index (χ2n) is 5.48. The van der Waals surface area contributed by atoms with Crippen molar-refractivity contribution >= 4 is 34.0 Å². The molecule has 0 radical (unpaired) electrons. The van der Waals surface area contributed by atoms with Crippen LogP contribution in [-0.4, -0.2) is 74.4 Å². The summed E-state index contributed by atoms with van der Waals surface area (Å²) in [6, 6.07) is 2.08. The minimum atomic E-state index is -3.13. The summed E-state index contributed by atoms with van der Waals surface area (Å²) in [5.74, 6) is 1.48. The maximum Gasteiger partial charge on any atom is 0.211 e. The molecule has 3 rings (SSSR count). The SMILES string of the molecule is CS(=O)(=O)N1CCN(c2nc(=S)cc(NC3COC3)[nH]2)CC1. The first kappa shape index (κ1) is 15.7. The average Bonchev–Trinajstić information content (AvgIpc) is 2.42. The van der Waals surface area contributed by atoms with E-state index in [1.807, 2.05) is 4.90 Å². The predicted octanol–water partition coefficient (Wildman–Crippen LogP) is 0.0315. The van der Waals surface area contributed by atoms with Gasteiger partial charge in [-0.15, -0.1) is 0 Å². The molecule has 0 amide bonds. The van der Waals surface area contributed by atoms with Gasteiger partial charge in [-0.05, 0) is 0 Å². The van der Waals surface area contributed by atoms with Crippen LogP contribution in [-0.2, 0) is 14.8 Å². The van der Waals surface area contributed by atoms with E-state index < -0.39 is 10.0 Å². The van der Waals surface area contributed by atoms with Gasteiger partial charge in [-0.25, -0.2) is 13.4 Å². The molecule has 0 aliphatic carbocycles. The molecular formula is C12H19N5O3S2. The molecule has 2 aliphatic heterocycles. The predicted molar refractivity (Wildman–Crippen MR) is 86.3 cm³/mol. The van der Waals surface area contributed by atoms with Crippen molar-refractivity contribution in [3.63, 3.8) is 0 Å².